The third-order valence-electron chi connectivity index (χ3n) is 3.43. The minimum absolute atomic E-state index is 0.0487. The predicted octanol–water partition coefficient (Wildman–Crippen LogP) is 4.42. The fraction of sp³-hybridized carbons (Fsp3) is 0.222. The van der Waals surface area contributed by atoms with Crippen LogP contribution in [-0.2, 0) is 0 Å². The minimum Gasteiger partial charge on any atom is -0.365 e. The van der Waals surface area contributed by atoms with Gasteiger partial charge in [0.1, 0.15) is 5.82 Å². The summed E-state index contributed by atoms with van der Waals surface area (Å²) in [5, 5.41) is 15.1. The zero-order valence-corrected chi connectivity index (χ0v) is 13.8. The van der Waals surface area contributed by atoms with Gasteiger partial charge in [0.05, 0.1) is 10.4 Å². The summed E-state index contributed by atoms with van der Waals surface area (Å²) in [6.07, 6.45) is 0. The van der Waals surface area contributed by atoms with Crippen molar-refractivity contribution in [3.63, 3.8) is 0 Å². The summed E-state index contributed by atoms with van der Waals surface area (Å²) in [6, 6.07) is 14.0. The number of anilines is 1. The van der Waals surface area contributed by atoms with Gasteiger partial charge < -0.3 is 5.32 Å². The Labute approximate surface area is 139 Å². The number of fused-ring (bicyclic) bond motifs is 1. The molecule has 3 rings (SSSR count). The maximum atomic E-state index is 10.8. The van der Waals surface area contributed by atoms with Gasteiger partial charge in [-0.1, -0.05) is 12.1 Å². The van der Waals surface area contributed by atoms with Gasteiger partial charge in [0.25, 0.3) is 5.69 Å². The van der Waals surface area contributed by atoms with Crippen LogP contribution in [0.4, 0.5) is 11.5 Å². The summed E-state index contributed by atoms with van der Waals surface area (Å²) in [6.45, 7) is 6.19. The molecule has 0 saturated heterocycles. The first-order valence-electron chi connectivity index (χ1n) is 7.63. The van der Waals surface area contributed by atoms with E-state index in [-0.39, 0.29) is 11.2 Å². The zero-order chi connectivity index (χ0) is 17.3. The van der Waals surface area contributed by atoms with Crippen molar-refractivity contribution in [2.24, 2.45) is 0 Å². The van der Waals surface area contributed by atoms with Crippen LogP contribution in [0.15, 0.2) is 48.5 Å². The van der Waals surface area contributed by atoms with Crippen molar-refractivity contribution in [2.45, 2.75) is 26.3 Å². The molecular formula is C18H18N4O2. The van der Waals surface area contributed by atoms with Crippen molar-refractivity contribution in [3.05, 3.63) is 58.6 Å². The molecule has 0 spiro atoms. The topological polar surface area (TPSA) is 81.0 Å². The van der Waals surface area contributed by atoms with Crippen molar-refractivity contribution in [3.8, 4) is 11.4 Å². The number of nitrogens with zero attached hydrogens (tertiary/aromatic N) is 3. The van der Waals surface area contributed by atoms with E-state index >= 15 is 0 Å². The van der Waals surface area contributed by atoms with Crippen molar-refractivity contribution in [1.29, 1.82) is 0 Å². The number of non-ortho nitro benzene ring substituents is 1. The van der Waals surface area contributed by atoms with E-state index in [0.29, 0.717) is 5.82 Å². The van der Waals surface area contributed by atoms with Crippen LogP contribution in [-0.4, -0.2) is 20.4 Å². The largest absolute Gasteiger partial charge is 0.365 e. The molecule has 6 heteroatoms. The first-order valence-corrected chi connectivity index (χ1v) is 7.63. The average molecular weight is 322 g/mol. The Morgan fingerprint density at radius 3 is 2.29 bits per heavy atom. The molecule has 0 radical (unpaired) electrons. The molecule has 0 amide bonds. The normalized spacial score (nSPS) is 11.5. The summed E-state index contributed by atoms with van der Waals surface area (Å²) < 4.78 is 0. The van der Waals surface area contributed by atoms with Crippen LogP contribution in [0.1, 0.15) is 20.8 Å². The number of benzene rings is 2. The van der Waals surface area contributed by atoms with E-state index in [4.69, 9.17) is 0 Å². The Balaban J connectivity index is 2.13. The quantitative estimate of drug-likeness (QED) is 0.570. The second-order valence-corrected chi connectivity index (χ2v) is 6.59. The smallest absolute Gasteiger partial charge is 0.269 e. The lowest BCUT2D eigenvalue weighted by atomic mass is 10.1. The molecule has 1 heterocycles. The second kappa shape index (κ2) is 5.88. The molecular weight excluding hydrogens is 304 g/mol. The Morgan fingerprint density at radius 1 is 1.00 bits per heavy atom. The fourth-order valence-corrected chi connectivity index (χ4v) is 2.39. The molecule has 2 aromatic carbocycles. The lowest BCUT2D eigenvalue weighted by molar-refractivity contribution is -0.384. The molecule has 3 aromatic rings. The van der Waals surface area contributed by atoms with Gasteiger partial charge in [-0.05, 0) is 45.0 Å². The van der Waals surface area contributed by atoms with Crippen molar-refractivity contribution in [2.75, 3.05) is 5.32 Å². The van der Waals surface area contributed by atoms with Crippen LogP contribution in [0.5, 0.6) is 0 Å². The van der Waals surface area contributed by atoms with E-state index in [9.17, 15) is 10.1 Å². The van der Waals surface area contributed by atoms with Gasteiger partial charge in [0.15, 0.2) is 5.82 Å². The van der Waals surface area contributed by atoms with Crippen LogP contribution in [0.2, 0.25) is 0 Å². The molecule has 0 aliphatic heterocycles. The summed E-state index contributed by atoms with van der Waals surface area (Å²) in [5.41, 5.74) is 1.47. The first-order chi connectivity index (χ1) is 11.3. The second-order valence-electron chi connectivity index (χ2n) is 6.59. The molecule has 0 unspecified atom stereocenters. The molecule has 0 fully saturated rings. The average Bonchev–Trinajstić information content (AvgIpc) is 2.53. The predicted molar refractivity (Wildman–Crippen MR) is 95.0 cm³/mol. The molecule has 0 aliphatic rings. The van der Waals surface area contributed by atoms with Crippen LogP contribution in [0.3, 0.4) is 0 Å². The summed E-state index contributed by atoms with van der Waals surface area (Å²) in [7, 11) is 0. The number of hydrogen-bond donors (Lipinski definition) is 1. The number of nitrogens with one attached hydrogen (secondary N) is 1. The zero-order valence-electron chi connectivity index (χ0n) is 13.8. The minimum atomic E-state index is -0.419. The van der Waals surface area contributed by atoms with Crippen LogP contribution in [0, 0.1) is 10.1 Å². The molecule has 0 atom stereocenters. The number of aromatic nitrogens is 2. The summed E-state index contributed by atoms with van der Waals surface area (Å²) in [4.78, 5) is 19.6. The summed E-state index contributed by atoms with van der Waals surface area (Å²) in [5.74, 6) is 1.29. The van der Waals surface area contributed by atoms with E-state index in [2.05, 4.69) is 36.1 Å². The van der Waals surface area contributed by atoms with Crippen LogP contribution < -0.4 is 5.32 Å². The van der Waals surface area contributed by atoms with Crippen molar-refractivity contribution >= 4 is 22.4 Å². The van der Waals surface area contributed by atoms with E-state index < -0.39 is 4.92 Å². The molecule has 24 heavy (non-hydrogen) atoms. The highest BCUT2D eigenvalue weighted by Gasteiger charge is 2.15. The standard InChI is InChI=1S/C18H18N4O2/c1-18(2,3)21-17-14-6-4-5-7-15(14)19-16(20-17)12-8-10-13(11-9-12)22(23)24/h4-11H,1-3H3,(H,19,20,21). The van der Waals surface area contributed by atoms with Crippen molar-refractivity contribution in [1.82, 2.24) is 9.97 Å². The highest BCUT2D eigenvalue weighted by Crippen LogP contribution is 2.27. The van der Waals surface area contributed by atoms with E-state index in [0.717, 1.165) is 22.3 Å². The number of nitro groups is 1. The molecule has 122 valence electrons. The van der Waals surface area contributed by atoms with Gasteiger partial charge in [-0.15, -0.1) is 0 Å². The van der Waals surface area contributed by atoms with Gasteiger partial charge in [0, 0.05) is 28.6 Å². The fourth-order valence-electron chi connectivity index (χ4n) is 2.39. The Bertz CT molecular complexity index is 899. The monoisotopic (exact) mass is 322 g/mol. The van der Waals surface area contributed by atoms with E-state index in [1.165, 1.54) is 12.1 Å². The molecule has 6 nitrogen and oxygen atoms in total. The SMILES string of the molecule is CC(C)(C)Nc1nc(-c2ccc([N+](=O)[O-])cc2)nc2ccccc12. The highest BCUT2D eigenvalue weighted by atomic mass is 16.6. The number of para-hydroxylation sites is 1. The molecule has 0 bridgehead atoms. The van der Waals surface area contributed by atoms with Gasteiger partial charge in [-0.3, -0.25) is 10.1 Å². The van der Waals surface area contributed by atoms with E-state index in [1.807, 2.05) is 24.3 Å². The van der Waals surface area contributed by atoms with Crippen LogP contribution >= 0.6 is 0 Å². The Kier molecular flexibility index (Phi) is 3.89. The molecule has 0 saturated carbocycles. The lowest BCUT2D eigenvalue weighted by Crippen LogP contribution is -2.27. The van der Waals surface area contributed by atoms with Crippen LogP contribution in [0.25, 0.3) is 22.3 Å². The number of rotatable bonds is 3. The van der Waals surface area contributed by atoms with Gasteiger partial charge in [0.2, 0.25) is 0 Å². The van der Waals surface area contributed by atoms with Crippen molar-refractivity contribution < 1.29 is 4.92 Å². The van der Waals surface area contributed by atoms with Gasteiger partial charge in [-0.25, -0.2) is 9.97 Å². The number of hydrogen-bond acceptors (Lipinski definition) is 5. The Hall–Kier alpha value is -3.02. The first kappa shape index (κ1) is 15.9. The maximum Gasteiger partial charge on any atom is 0.269 e. The lowest BCUT2D eigenvalue weighted by Gasteiger charge is -2.22. The third-order valence-corrected chi connectivity index (χ3v) is 3.43. The maximum absolute atomic E-state index is 10.8. The van der Waals surface area contributed by atoms with Gasteiger partial charge in [-0.2, -0.15) is 0 Å². The van der Waals surface area contributed by atoms with Gasteiger partial charge >= 0.3 is 0 Å². The molecule has 1 aromatic heterocycles. The highest BCUT2D eigenvalue weighted by molar-refractivity contribution is 5.90. The molecule has 1 N–H and O–H groups in total. The molecule has 0 aliphatic carbocycles. The third kappa shape index (κ3) is 3.32. The Morgan fingerprint density at radius 2 is 1.67 bits per heavy atom. The number of nitro benzene ring substituents is 1. The van der Waals surface area contributed by atoms with E-state index in [1.54, 1.807) is 12.1 Å². The summed E-state index contributed by atoms with van der Waals surface area (Å²) >= 11 is 0.